The van der Waals surface area contributed by atoms with Gasteiger partial charge in [0.05, 0.1) is 5.52 Å². The maximum absolute atomic E-state index is 12.5. The number of rotatable bonds is 3. The molecule has 0 aliphatic carbocycles. The van der Waals surface area contributed by atoms with Crippen molar-refractivity contribution in [3.05, 3.63) is 42.1 Å². The van der Waals surface area contributed by atoms with E-state index in [0.717, 1.165) is 36.8 Å². The molecule has 1 fully saturated rings. The number of hydrogen-bond donors (Lipinski definition) is 1. The molecule has 0 spiro atoms. The van der Waals surface area contributed by atoms with Gasteiger partial charge < -0.3 is 10.2 Å². The van der Waals surface area contributed by atoms with Crippen LogP contribution in [0.4, 0.5) is 0 Å². The lowest BCUT2D eigenvalue weighted by Crippen LogP contribution is -2.48. The summed E-state index contributed by atoms with van der Waals surface area (Å²) in [6.07, 6.45) is 4.96. The van der Waals surface area contributed by atoms with Crippen molar-refractivity contribution < 1.29 is 9.59 Å². The van der Waals surface area contributed by atoms with Crippen LogP contribution >= 0.6 is 0 Å². The summed E-state index contributed by atoms with van der Waals surface area (Å²) in [5, 5.41) is 3.62. The molecule has 0 bridgehead atoms. The Morgan fingerprint density at radius 1 is 1.13 bits per heavy atom. The minimum absolute atomic E-state index is 0.00332. The highest BCUT2D eigenvalue weighted by molar-refractivity contribution is 6.07. The molecule has 1 aliphatic rings. The molecule has 0 saturated carbocycles. The number of pyridine rings is 1. The molecular formula is C18H21N3O2. The van der Waals surface area contributed by atoms with E-state index in [2.05, 4.69) is 10.3 Å². The van der Waals surface area contributed by atoms with Gasteiger partial charge in [-0.3, -0.25) is 14.6 Å². The fourth-order valence-electron chi connectivity index (χ4n) is 3.03. The van der Waals surface area contributed by atoms with Crippen LogP contribution in [0.3, 0.4) is 0 Å². The van der Waals surface area contributed by atoms with E-state index < -0.39 is 6.04 Å². The number of carbonyl (C=O) groups excluding carboxylic acids is 2. The molecule has 1 saturated heterocycles. The van der Waals surface area contributed by atoms with Crippen LogP contribution in [0.15, 0.2) is 36.5 Å². The number of nitrogens with one attached hydrogen (secondary N) is 1. The van der Waals surface area contributed by atoms with Gasteiger partial charge in [-0.1, -0.05) is 12.1 Å². The Bertz CT molecular complexity index is 718. The van der Waals surface area contributed by atoms with Crippen molar-refractivity contribution in [2.24, 2.45) is 0 Å². The predicted molar refractivity (Wildman–Crippen MR) is 89.1 cm³/mol. The van der Waals surface area contributed by atoms with Crippen molar-refractivity contribution in [2.45, 2.75) is 32.2 Å². The third kappa shape index (κ3) is 3.33. The third-order valence-corrected chi connectivity index (χ3v) is 4.28. The SMILES string of the molecule is C[C@H](NC(=O)c1cccc2ncccc12)C(=O)N1CCCCC1. The molecule has 1 aromatic heterocycles. The van der Waals surface area contributed by atoms with Gasteiger partial charge >= 0.3 is 0 Å². The number of fused-ring (bicyclic) bond motifs is 1. The fourth-order valence-corrected chi connectivity index (χ4v) is 3.03. The average molecular weight is 311 g/mol. The van der Waals surface area contributed by atoms with Gasteiger partial charge in [0.2, 0.25) is 5.91 Å². The van der Waals surface area contributed by atoms with Crippen molar-refractivity contribution >= 4 is 22.7 Å². The van der Waals surface area contributed by atoms with Gasteiger partial charge in [0, 0.05) is 30.2 Å². The molecule has 0 unspecified atom stereocenters. The lowest BCUT2D eigenvalue weighted by molar-refractivity contribution is -0.133. The van der Waals surface area contributed by atoms with Crippen LogP contribution in [0.1, 0.15) is 36.5 Å². The first-order valence-electron chi connectivity index (χ1n) is 8.10. The Morgan fingerprint density at radius 2 is 1.91 bits per heavy atom. The molecule has 3 rings (SSSR count). The van der Waals surface area contributed by atoms with Crippen molar-refractivity contribution in [1.82, 2.24) is 15.2 Å². The topological polar surface area (TPSA) is 62.3 Å². The van der Waals surface area contributed by atoms with Gasteiger partial charge in [-0.15, -0.1) is 0 Å². The zero-order valence-electron chi connectivity index (χ0n) is 13.3. The minimum Gasteiger partial charge on any atom is -0.341 e. The maximum atomic E-state index is 12.5. The molecule has 23 heavy (non-hydrogen) atoms. The van der Waals surface area contributed by atoms with Crippen molar-refractivity contribution in [3.8, 4) is 0 Å². The number of benzene rings is 1. The molecule has 2 heterocycles. The van der Waals surface area contributed by atoms with E-state index in [1.807, 2.05) is 17.0 Å². The largest absolute Gasteiger partial charge is 0.341 e. The van der Waals surface area contributed by atoms with Gasteiger partial charge in [0.1, 0.15) is 6.04 Å². The van der Waals surface area contributed by atoms with Crippen LogP contribution in [-0.4, -0.2) is 40.8 Å². The Kier molecular flexibility index (Phi) is 4.55. The number of hydrogen-bond acceptors (Lipinski definition) is 3. The maximum Gasteiger partial charge on any atom is 0.252 e. The van der Waals surface area contributed by atoms with Gasteiger partial charge in [0.15, 0.2) is 0 Å². The average Bonchev–Trinajstić information content (AvgIpc) is 2.61. The number of carbonyl (C=O) groups is 2. The molecule has 1 aliphatic heterocycles. The first kappa shape index (κ1) is 15.5. The highest BCUT2D eigenvalue weighted by Crippen LogP contribution is 2.17. The van der Waals surface area contributed by atoms with Gasteiger partial charge in [-0.2, -0.15) is 0 Å². The predicted octanol–water partition coefficient (Wildman–Crippen LogP) is 2.37. The molecule has 5 nitrogen and oxygen atoms in total. The Labute approximate surface area is 135 Å². The van der Waals surface area contributed by atoms with Gasteiger partial charge in [-0.25, -0.2) is 0 Å². The Balaban J connectivity index is 1.74. The van der Waals surface area contributed by atoms with E-state index in [0.29, 0.717) is 5.56 Å². The quantitative estimate of drug-likeness (QED) is 0.946. The zero-order chi connectivity index (χ0) is 16.2. The second kappa shape index (κ2) is 6.77. The van der Waals surface area contributed by atoms with E-state index in [4.69, 9.17) is 0 Å². The Morgan fingerprint density at radius 3 is 2.70 bits per heavy atom. The number of amides is 2. The van der Waals surface area contributed by atoms with E-state index in [1.165, 1.54) is 6.42 Å². The first-order chi connectivity index (χ1) is 11.2. The normalized spacial score (nSPS) is 16.1. The van der Waals surface area contributed by atoms with Gasteiger partial charge in [-0.05, 0) is 44.4 Å². The lowest BCUT2D eigenvalue weighted by Gasteiger charge is -2.29. The molecule has 1 aromatic carbocycles. The van der Waals surface area contributed by atoms with Crippen LogP contribution in [0.2, 0.25) is 0 Å². The number of aromatic nitrogens is 1. The molecule has 1 atom stereocenters. The second-order valence-electron chi connectivity index (χ2n) is 5.96. The monoisotopic (exact) mass is 311 g/mol. The van der Waals surface area contributed by atoms with E-state index in [9.17, 15) is 9.59 Å². The molecule has 5 heteroatoms. The second-order valence-corrected chi connectivity index (χ2v) is 5.96. The minimum atomic E-state index is -0.521. The third-order valence-electron chi connectivity index (χ3n) is 4.28. The molecule has 0 radical (unpaired) electrons. The highest BCUT2D eigenvalue weighted by Gasteiger charge is 2.24. The number of piperidine rings is 1. The van der Waals surface area contributed by atoms with Crippen molar-refractivity contribution in [2.75, 3.05) is 13.1 Å². The van der Waals surface area contributed by atoms with E-state index >= 15 is 0 Å². The summed E-state index contributed by atoms with van der Waals surface area (Å²) in [7, 11) is 0. The highest BCUT2D eigenvalue weighted by atomic mass is 16.2. The molecule has 1 N–H and O–H groups in total. The van der Waals surface area contributed by atoms with Crippen LogP contribution < -0.4 is 5.32 Å². The van der Waals surface area contributed by atoms with Crippen LogP contribution in [0, 0.1) is 0 Å². The molecular weight excluding hydrogens is 290 g/mol. The lowest BCUT2D eigenvalue weighted by atomic mass is 10.1. The standard InChI is InChI=1S/C18H21N3O2/c1-13(18(23)21-11-3-2-4-12-21)20-17(22)15-7-5-9-16-14(15)8-6-10-19-16/h5-10,13H,2-4,11-12H2,1H3,(H,20,22)/t13-/m0/s1. The summed E-state index contributed by atoms with van der Waals surface area (Å²) >= 11 is 0. The number of likely N-dealkylation sites (tertiary alicyclic amines) is 1. The van der Waals surface area contributed by atoms with E-state index in [1.54, 1.807) is 31.3 Å². The van der Waals surface area contributed by atoms with Gasteiger partial charge in [0.25, 0.3) is 5.91 Å². The van der Waals surface area contributed by atoms with Crippen LogP contribution in [0.25, 0.3) is 10.9 Å². The summed E-state index contributed by atoms with van der Waals surface area (Å²) in [5.41, 5.74) is 1.32. The molecule has 2 amide bonds. The smallest absolute Gasteiger partial charge is 0.252 e. The summed E-state index contributed by atoms with van der Waals surface area (Å²) in [4.78, 5) is 31.1. The van der Waals surface area contributed by atoms with Crippen LogP contribution in [0.5, 0.6) is 0 Å². The van der Waals surface area contributed by atoms with Crippen LogP contribution in [-0.2, 0) is 4.79 Å². The van der Waals surface area contributed by atoms with E-state index in [-0.39, 0.29) is 11.8 Å². The summed E-state index contributed by atoms with van der Waals surface area (Å²) in [6, 6.07) is 8.59. The van der Waals surface area contributed by atoms with Crippen molar-refractivity contribution in [3.63, 3.8) is 0 Å². The zero-order valence-corrected chi connectivity index (χ0v) is 13.3. The van der Waals surface area contributed by atoms with Crippen molar-refractivity contribution in [1.29, 1.82) is 0 Å². The Hall–Kier alpha value is -2.43. The molecule has 120 valence electrons. The first-order valence-corrected chi connectivity index (χ1v) is 8.10. The summed E-state index contributed by atoms with van der Waals surface area (Å²) in [6.45, 7) is 3.33. The summed E-state index contributed by atoms with van der Waals surface area (Å²) < 4.78 is 0. The summed E-state index contributed by atoms with van der Waals surface area (Å²) in [5.74, 6) is -0.238. The fraction of sp³-hybridized carbons (Fsp3) is 0.389. The molecule has 2 aromatic rings. The number of nitrogens with zero attached hydrogens (tertiary/aromatic N) is 2.